The van der Waals surface area contributed by atoms with Crippen molar-refractivity contribution in [3.63, 3.8) is 0 Å². The van der Waals surface area contributed by atoms with E-state index in [-0.39, 0.29) is 0 Å². The van der Waals surface area contributed by atoms with E-state index in [0.717, 1.165) is 22.5 Å². The number of hydrogen-bond acceptors (Lipinski definition) is 3. The summed E-state index contributed by atoms with van der Waals surface area (Å²) in [6, 6.07) is 14.0. The molecule has 0 fully saturated rings. The summed E-state index contributed by atoms with van der Waals surface area (Å²) in [6.07, 6.45) is 5.56. The molecule has 4 nitrogen and oxygen atoms in total. The first-order valence-electron chi connectivity index (χ1n) is 6.13. The van der Waals surface area contributed by atoms with Crippen LogP contribution >= 0.6 is 0 Å². The van der Waals surface area contributed by atoms with Crippen molar-refractivity contribution in [2.75, 3.05) is 0 Å². The normalized spacial score (nSPS) is 10.6. The van der Waals surface area contributed by atoms with Crippen molar-refractivity contribution in [1.82, 2.24) is 14.8 Å². The zero-order valence-corrected chi connectivity index (χ0v) is 10.4. The van der Waals surface area contributed by atoms with E-state index in [4.69, 9.17) is 5.73 Å². The summed E-state index contributed by atoms with van der Waals surface area (Å²) in [4.78, 5) is 4.35. The Morgan fingerprint density at radius 3 is 2.63 bits per heavy atom. The van der Waals surface area contributed by atoms with Gasteiger partial charge in [-0.1, -0.05) is 36.4 Å². The lowest BCUT2D eigenvalue weighted by Crippen LogP contribution is -2.06. The van der Waals surface area contributed by atoms with Gasteiger partial charge in [-0.15, -0.1) is 0 Å². The number of pyridine rings is 1. The fourth-order valence-corrected chi connectivity index (χ4v) is 2.01. The Labute approximate surface area is 111 Å². The van der Waals surface area contributed by atoms with E-state index < -0.39 is 0 Å². The fraction of sp³-hybridized carbons (Fsp3) is 0.0667. The van der Waals surface area contributed by atoms with E-state index in [9.17, 15) is 0 Å². The lowest BCUT2D eigenvalue weighted by Gasteiger charge is -2.05. The summed E-state index contributed by atoms with van der Waals surface area (Å²) < 4.78 is 1.77. The molecule has 0 spiro atoms. The molecule has 0 saturated carbocycles. The van der Waals surface area contributed by atoms with Gasteiger partial charge in [-0.3, -0.25) is 0 Å². The first kappa shape index (κ1) is 11.6. The summed E-state index contributed by atoms with van der Waals surface area (Å²) >= 11 is 0. The Balaban J connectivity index is 2.02. The van der Waals surface area contributed by atoms with Crippen molar-refractivity contribution < 1.29 is 0 Å². The Kier molecular flexibility index (Phi) is 3.08. The summed E-state index contributed by atoms with van der Waals surface area (Å²) in [5, 5.41) is 4.37. The van der Waals surface area contributed by atoms with Crippen LogP contribution in [0.1, 0.15) is 5.56 Å². The van der Waals surface area contributed by atoms with Crippen LogP contribution in [0, 0.1) is 0 Å². The van der Waals surface area contributed by atoms with Gasteiger partial charge in [-0.2, -0.15) is 5.10 Å². The minimum absolute atomic E-state index is 0.448. The van der Waals surface area contributed by atoms with Crippen molar-refractivity contribution in [3.05, 3.63) is 66.6 Å². The first-order valence-corrected chi connectivity index (χ1v) is 6.13. The minimum atomic E-state index is 0.448. The third-order valence-electron chi connectivity index (χ3n) is 2.99. The van der Waals surface area contributed by atoms with Crippen molar-refractivity contribution in [1.29, 1.82) is 0 Å². The molecule has 0 radical (unpaired) electrons. The van der Waals surface area contributed by atoms with E-state index in [1.807, 2.05) is 42.7 Å². The van der Waals surface area contributed by atoms with E-state index in [1.54, 1.807) is 10.9 Å². The van der Waals surface area contributed by atoms with Crippen molar-refractivity contribution >= 4 is 0 Å². The van der Waals surface area contributed by atoms with Crippen LogP contribution in [0.25, 0.3) is 16.9 Å². The molecule has 94 valence electrons. The molecule has 1 aromatic carbocycles. The Morgan fingerprint density at radius 1 is 1.00 bits per heavy atom. The van der Waals surface area contributed by atoms with Gasteiger partial charge in [0.25, 0.3) is 0 Å². The number of hydrogen-bond donors (Lipinski definition) is 1. The minimum Gasteiger partial charge on any atom is -0.326 e. The van der Waals surface area contributed by atoms with E-state index in [0.29, 0.717) is 6.54 Å². The number of aromatic nitrogens is 3. The average Bonchev–Trinajstić information content (AvgIpc) is 2.98. The molecule has 0 amide bonds. The second-order valence-electron chi connectivity index (χ2n) is 4.23. The van der Waals surface area contributed by atoms with Gasteiger partial charge in [0, 0.05) is 30.1 Å². The predicted octanol–water partition coefficient (Wildman–Crippen LogP) is 2.39. The van der Waals surface area contributed by atoms with Crippen molar-refractivity contribution in [2.45, 2.75) is 6.54 Å². The van der Waals surface area contributed by atoms with Crippen LogP contribution in [-0.2, 0) is 6.54 Å². The van der Waals surface area contributed by atoms with Crippen molar-refractivity contribution in [2.24, 2.45) is 5.73 Å². The first-order chi connectivity index (χ1) is 9.38. The van der Waals surface area contributed by atoms with Gasteiger partial charge in [0.15, 0.2) is 5.82 Å². The van der Waals surface area contributed by atoms with Gasteiger partial charge in [0.05, 0.1) is 6.20 Å². The molecule has 0 atom stereocenters. The summed E-state index contributed by atoms with van der Waals surface area (Å²) in [5.74, 6) is 0.784. The molecule has 2 N–H and O–H groups in total. The molecule has 3 aromatic rings. The fourth-order valence-electron chi connectivity index (χ4n) is 2.01. The SMILES string of the molecule is NCc1cccnc1-n1cc(-c2ccccc2)cn1. The maximum absolute atomic E-state index is 5.72. The van der Waals surface area contributed by atoms with Crippen LogP contribution in [0.5, 0.6) is 0 Å². The highest BCUT2D eigenvalue weighted by Gasteiger charge is 2.07. The average molecular weight is 250 g/mol. The second kappa shape index (κ2) is 5.04. The lowest BCUT2D eigenvalue weighted by atomic mass is 10.1. The van der Waals surface area contributed by atoms with Crippen LogP contribution in [0.2, 0.25) is 0 Å². The predicted molar refractivity (Wildman–Crippen MR) is 74.7 cm³/mol. The van der Waals surface area contributed by atoms with Gasteiger partial charge in [-0.05, 0) is 11.6 Å². The van der Waals surface area contributed by atoms with Crippen LogP contribution < -0.4 is 5.73 Å². The van der Waals surface area contributed by atoms with Crippen LogP contribution in [-0.4, -0.2) is 14.8 Å². The molecule has 0 bridgehead atoms. The van der Waals surface area contributed by atoms with Crippen LogP contribution in [0.3, 0.4) is 0 Å². The monoisotopic (exact) mass is 250 g/mol. The topological polar surface area (TPSA) is 56.7 Å². The molecule has 0 saturated heterocycles. The smallest absolute Gasteiger partial charge is 0.157 e. The van der Waals surface area contributed by atoms with Gasteiger partial charge in [0.2, 0.25) is 0 Å². The van der Waals surface area contributed by atoms with Gasteiger partial charge in [-0.25, -0.2) is 9.67 Å². The molecule has 3 rings (SSSR count). The Bertz CT molecular complexity index is 673. The van der Waals surface area contributed by atoms with E-state index in [1.165, 1.54) is 0 Å². The second-order valence-corrected chi connectivity index (χ2v) is 4.23. The van der Waals surface area contributed by atoms with E-state index >= 15 is 0 Å². The number of nitrogens with two attached hydrogens (primary N) is 1. The molecule has 0 unspecified atom stereocenters. The largest absolute Gasteiger partial charge is 0.326 e. The molecule has 2 heterocycles. The third-order valence-corrected chi connectivity index (χ3v) is 2.99. The quantitative estimate of drug-likeness (QED) is 0.776. The molecule has 0 aliphatic carbocycles. The van der Waals surface area contributed by atoms with Gasteiger partial charge < -0.3 is 5.73 Å². The number of nitrogens with zero attached hydrogens (tertiary/aromatic N) is 3. The molecular formula is C15H14N4. The summed E-state index contributed by atoms with van der Waals surface area (Å²) in [7, 11) is 0. The van der Waals surface area contributed by atoms with Crippen LogP contribution in [0.15, 0.2) is 61.1 Å². The van der Waals surface area contributed by atoms with Crippen molar-refractivity contribution in [3.8, 4) is 16.9 Å². The maximum Gasteiger partial charge on any atom is 0.157 e. The Morgan fingerprint density at radius 2 is 1.84 bits per heavy atom. The molecular weight excluding hydrogens is 236 g/mol. The Hall–Kier alpha value is -2.46. The number of rotatable bonds is 3. The van der Waals surface area contributed by atoms with Gasteiger partial charge in [0.1, 0.15) is 0 Å². The highest BCUT2D eigenvalue weighted by molar-refractivity contribution is 5.61. The van der Waals surface area contributed by atoms with Gasteiger partial charge >= 0.3 is 0 Å². The van der Waals surface area contributed by atoms with E-state index in [2.05, 4.69) is 22.2 Å². The molecule has 0 aliphatic heterocycles. The molecule has 19 heavy (non-hydrogen) atoms. The highest BCUT2D eigenvalue weighted by Crippen LogP contribution is 2.19. The molecule has 4 heteroatoms. The lowest BCUT2D eigenvalue weighted by molar-refractivity contribution is 0.824. The maximum atomic E-state index is 5.72. The highest BCUT2D eigenvalue weighted by atomic mass is 15.3. The molecule has 2 aromatic heterocycles. The summed E-state index contributed by atoms with van der Waals surface area (Å²) in [5.41, 5.74) is 8.90. The zero-order valence-electron chi connectivity index (χ0n) is 10.4. The standard InChI is InChI=1S/C15H14N4/c16-9-13-7-4-8-17-15(13)19-11-14(10-18-19)12-5-2-1-3-6-12/h1-8,10-11H,9,16H2. The summed E-state index contributed by atoms with van der Waals surface area (Å²) in [6.45, 7) is 0.448. The number of benzene rings is 1. The van der Waals surface area contributed by atoms with Crippen LogP contribution in [0.4, 0.5) is 0 Å². The molecule has 0 aliphatic rings. The zero-order chi connectivity index (χ0) is 13.1. The third kappa shape index (κ3) is 2.26.